The van der Waals surface area contributed by atoms with Crippen molar-refractivity contribution in [2.45, 2.75) is 45.6 Å². The Morgan fingerprint density at radius 1 is 1.06 bits per heavy atom. The number of ether oxygens (including phenoxy) is 1. The summed E-state index contributed by atoms with van der Waals surface area (Å²) in [5.74, 6) is 0.0363. The zero-order chi connectivity index (χ0) is 23.6. The molecule has 1 aliphatic heterocycles. The Bertz CT molecular complexity index is 1110. The third-order valence-electron chi connectivity index (χ3n) is 5.34. The van der Waals surface area contributed by atoms with E-state index in [2.05, 4.69) is 0 Å². The molecule has 0 aromatic heterocycles. The predicted octanol–water partition coefficient (Wildman–Crippen LogP) is 4.50. The van der Waals surface area contributed by atoms with Crippen molar-refractivity contribution in [1.29, 1.82) is 0 Å². The lowest BCUT2D eigenvalue weighted by Gasteiger charge is -2.40. The molecular formula is C24H30N2O5S. The molecule has 0 radical (unpaired) electrons. The maximum Gasteiger partial charge on any atom is 0.414 e. The minimum Gasteiger partial charge on any atom is -0.449 e. The predicted molar refractivity (Wildman–Crippen MR) is 126 cm³/mol. The van der Waals surface area contributed by atoms with Gasteiger partial charge in [0.05, 0.1) is 34.7 Å². The van der Waals surface area contributed by atoms with Gasteiger partial charge < -0.3 is 9.64 Å². The van der Waals surface area contributed by atoms with Crippen molar-refractivity contribution >= 4 is 33.2 Å². The molecule has 1 aliphatic rings. The molecule has 8 heteroatoms. The van der Waals surface area contributed by atoms with Gasteiger partial charge in [-0.2, -0.15) is 0 Å². The van der Waals surface area contributed by atoms with Crippen LogP contribution in [0.1, 0.15) is 34.6 Å². The first-order valence-corrected chi connectivity index (χ1v) is 12.4. The summed E-state index contributed by atoms with van der Waals surface area (Å²) in [7, 11) is -3.34. The molecule has 0 unspecified atom stereocenters. The average Bonchev–Trinajstić information content (AvgIpc) is 2.72. The van der Waals surface area contributed by atoms with Crippen molar-refractivity contribution in [3.63, 3.8) is 0 Å². The zero-order valence-electron chi connectivity index (χ0n) is 19.2. The lowest BCUT2D eigenvalue weighted by Crippen LogP contribution is -2.51. The summed E-state index contributed by atoms with van der Waals surface area (Å²) in [4.78, 5) is 28.4. The molecule has 0 aliphatic carbocycles. The van der Waals surface area contributed by atoms with Gasteiger partial charge in [0, 0.05) is 13.5 Å². The Morgan fingerprint density at radius 2 is 1.69 bits per heavy atom. The smallest absolute Gasteiger partial charge is 0.414 e. The minimum absolute atomic E-state index is 0.0424. The van der Waals surface area contributed by atoms with Crippen LogP contribution < -0.4 is 9.80 Å². The van der Waals surface area contributed by atoms with Crippen molar-refractivity contribution in [3.8, 4) is 11.1 Å². The molecule has 172 valence electrons. The number of hydrogen-bond donors (Lipinski definition) is 0. The molecular weight excluding hydrogens is 428 g/mol. The molecule has 0 bridgehead atoms. The third-order valence-corrected chi connectivity index (χ3v) is 7.44. The third kappa shape index (κ3) is 4.80. The Labute approximate surface area is 189 Å². The van der Waals surface area contributed by atoms with E-state index in [4.69, 9.17) is 4.74 Å². The first-order chi connectivity index (χ1) is 15.0. The molecule has 1 atom stereocenters. The van der Waals surface area contributed by atoms with Crippen LogP contribution in [-0.2, 0) is 19.4 Å². The number of hydrogen-bond acceptors (Lipinski definition) is 5. The van der Waals surface area contributed by atoms with Gasteiger partial charge in [0.1, 0.15) is 0 Å². The van der Waals surface area contributed by atoms with Crippen molar-refractivity contribution < 1.29 is 22.7 Å². The summed E-state index contributed by atoms with van der Waals surface area (Å²) in [6, 6.07) is 12.1. The highest BCUT2D eigenvalue weighted by Gasteiger charge is 2.34. The van der Waals surface area contributed by atoms with Crippen LogP contribution >= 0.6 is 0 Å². The van der Waals surface area contributed by atoms with E-state index in [1.165, 1.54) is 6.92 Å². The first-order valence-electron chi connectivity index (χ1n) is 10.8. The number of benzene rings is 2. The van der Waals surface area contributed by atoms with E-state index in [0.717, 1.165) is 11.1 Å². The van der Waals surface area contributed by atoms with Gasteiger partial charge in [0.2, 0.25) is 5.91 Å². The van der Waals surface area contributed by atoms with E-state index in [1.807, 2.05) is 39.0 Å². The van der Waals surface area contributed by atoms with Crippen LogP contribution in [0.2, 0.25) is 0 Å². The first kappa shape index (κ1) is 23.8. The molecule has 0 fully saturated rings. The zero-order valence-corrected chi connectivity index (χ0v) is 20.0. The van der Waals surface area contributed by atoms with E-state index < -0.39 is 15.9 Å². The summed E-state index contributed by atoms with van der Waals surface area (Å²) in [5, 5.41) is 0. The molecule has 0 spiro atoms. The molecule has 0 saturated carbocycles. The van der Waals surface area contributed by atoms with Gasteiger partial charge in [-0.25, -0.2) is 13.2 Å². The summed E-state index contributed by atoms with van der Waals surface area (Å²) >= 11 is 0. The molecule has 32 heavy (non-hydrogen) atoms. The van der Waals surface area contributed by atoms with Crippen LogP contribution in [0.5, 0.6) is 0 Å². The fraction of sp³-hybridized carbons (Fsp3) is 0.417. The number of carbonyl (C=O) groups is 2. The monoisotopic (exact) mass is 458 g/mol. The Balaban J connectivity index is 2.02. The van der Waals surface area contributed by atoms with Crippen molar-refractivity contribution in [3.05, 3.63) is 42.5 Å². The van der Waals surface area contributed by atoms with Crippen LogP contribution in [-0.4, -0.2) is 45.4 Å². The number of carbonyl (C=O) groups excluding carboxylic acids is 2. The van der Waals surface area contributed by atoms with Crippen LogP contribution in [0, 0.1) is 5.92 Å². The maximum atomic E-state index is 12.6. The molecule has 0 N–H and O–H groups in total. The second-order valence-corrected chi connectivity index (χ2v) is 10.5. The lowest BCUT2D eigenvalue weighted by atomic mass is 10.0. The summed E-state index contributed by atoms with van der Waals surface area (Å²) in [6.45, 7) is 9.46. The highest BCUT2D eigenvalue weighted by molar-refractivity contribution is 7.91. The molecule has 0 saturated heterocycles. The van der Waals surface area contributed by atoms with Gasteiger partial charge in [-0.3, -0.25) is 9.69 Å². The molecule has 1 heterocycles. The van der Waals surface area contributed by atoms with Crippen molar-refractivity contribution in [2.75, 3.05) is 28.7 Å². The van der Waals surface area contributed by atoms with Crippen LogP contribution in [0.3, 0.4) is 0 Å². The van der Waals surface area contributed by atoms with Gasteiger partial charge in [-0.15, -0.1) is 0 Å². The molecule has 2 aromatic rings. The minimum atomic E-state index is -3.34. The number of nitrogens with zero attached hydrogens (tertiary/aromatic N) is 2. The van der Waals surface area contributed by atoms with Crippen LogP contribution in [0.4, 0.5) is 16.2 Å². The summed E-state index contributed by atoms with van der Waals surface area (Å²) < 4.78 is 30.2. The number of fused-ring (bicyclic) bond motifs is 1. The van der Waals surface area contributed by atoms with Gasteiger partial charge >= 0.3 is 6.09 Å². The molecule has 2 aromatic carbocycles. The fourth-order valence-corrected chi connectivity index (χ4v) is 5.67. The summed E-state index contributed by atoms with van der Waals surface area (Å²) in [6.07, 6.45) is -0.462. The largest absolute Gasteiger partial charge is 0.449 e. The van der Waals surface area contributed by atoms with E-state index >= 15 is 0 Å². The Hall–Kier alpha value is -2.87. The van der Waals surface area contributed by atoms with Crippen molar-refractivity contribution in [2.24, 2.45) is 5.92 Å². The second kappa shape index (κ2) is 9.32. The number of rotatable bonds is 5. The Kier molecular flexibility index (Phi) is 6.93. The normalized spacial score (nSPS) is 16.1. The van der Waals surface area contributed by atoms with E-state index in [1.54, 1.807) is 41.0 Å². The summed E-state index contributed by atoms with van der Waals surface area (Å²) in [5.41, 5.74) is 2.85. The van der Waals surface area contributed by atoms with Gasteiger partial charge in [-0.1, -0.05) is 32.0 Å². The van der Waals surface area contributed by atoms with Crippen LogP contribution in [0.25, 0.3) is 11.1 Å². The second-order valence-electron chi connectivity index (χ2n) is 8.45. The van der Waals surface area contributed by atoms with Crippen LogP contribution in [0.15, 0.2) is 47.4 Å². The van der Waals surface area contributed by atoms with E-state index in [9.17, 15) is 18.0 Å². The average molecular weight is 459 g/mol. The molecule has 3 rings (SSSR count). The van der Waals surface area contributed by atoms with Crippen molar-refractivity contribution in [1.82, 2.24) is 0 Å². The van der Waals surface area contributed by atoms with Gasteiger partial charge in [-0.05, 0) is 55.2 Å². The SMILES string of the molecule is CCOC(=O)N1C[C@H](C)N(C(C)=O)c2ccc(-c3ccc(S(=O)(=O)CC(C)C)cc3)cc21. The highest BCUT2D eigenvalue weighted by Crippen LogP contribution is 2.39. The standard InChI is InChI=1S/C24H30N2O5S/c1-6-31-24(28)25-14-17(4)26(18(5)27)22-12-9-20(13-23(22)25)19-7-10-21(11-8-19)32(29,30)15-16(2)3/h7-13,16-17H,6,14-15H2,1-5H3/t17-/m0/s1. The lowest BCUT2D eigenvalue weighted by molar-refractivity contribution is -0.117. The highest BCUT2D eigenvalue weighted by atomic mass is 32.2. The van der Waals surface area contributed by atoms with Gasteiger partial charge in [0.25, 0.3) is 0 Å². The Morgan fingerprint density at radius 3 is 2.25 bits per heavy atom. The number of amides is 2. The van der Waals surface area contributed by atoms with Gasteiger partial charge in [0.15, 0.2) is 9.84 Å². The fourth-order valence-electron chi connectivity index (χ4n) is 4.05. The number of sulfone groups is 1. The maximum absolute atomic E-state index is 12.6. The topological polar surface area (TPSA) is 84.0 Å². The molecule has 2 amide bonds. The molecule has 7 nitrogen and oxygen atoms in total. The number of anilines is 2. The van der Waals surface area contributed by atoms with E-state index in [-0.39, 0.29) is 35.1 Å². The van der Waals surface area contributed by atoms with E-state index in [0.29, 0.717) is 17.9 Å². The quantitative estimate of drug-likeness (QED) is 0.659.